The molecule has 1 spiro atoms. The number of urea groups is 1. The number of carbonyl (C=O) groups is 3. The minimum absolute atomic E-state index is 0.221. The van der Waals surface area contributed by atoms with Crippen molar-refractivity contribution in [2.45, 2.75) is 50.6 Å². The van der Waals surface area contributed by atoms with E-state index >= 15 is 0 Å². The first-order valence-electron chi connectivity index (χ1n) is 10.3. The molecule has 29 heavy (non-hydrogen) atoms. The molecule has 0 unspecified atom stereocenters. The van der Waals surface area contributed by atoms with E-state index in [4.69, 9.17) is 0 Å². The van der Waals surface area contributed by atoms with Crippen molar-refractivity contribution in [1.29, 1.82) is 0 Å². The molecule has 1 atom stereocenters. The average Bonchev–Trinajstić information content (AvgIpc) is 2.90. The first-order chi connectivity index (χ1) is 13.9. The first-order valence-corrected chi connectivity index (χ1v) is 10.3. The highest BCUT2D eigenvalue weighted by molar-refractivity contribution is 6.09. The summed E-state index contributed by atoms with van der Waals surface area (Å²) in [7, 11) is 1.68. The highest BCUT2D eigenvalue weighted by atomic mass is 16.2. The van der Waals surface area contributed by atoms with Gasteiger partial charge in [0.15, 0.2) is 0 Å². The van der Waals surface area contributed by atoms with Crippen molar-refractivity contribution in [3.8, 4) is 0 Å². The molecule has 1 saturated heterocycles. The predicted octanol–water partition coefficient (Wildman–Crippen LogP) is 3.61. The Morgan fingerprint density at radius 1 is 1.07 bits per heavy atom. The second-order valence-electron chi connectivity index (χ2n) is 8.22. The van der Waals surface area contributed by atoms with Crippen LogP contribution < -0.4 is 5.32 Å². The molecule has 2 aliphatic rings. The number of nitrogens with one attached hydrogen (secondary N) is 1. The summed E-state index contributed by atoms with van der Waals surface area (Å²) in [6.07, 6.45) is 4.31. The molecule has 2 fully saturated rings. The van der Waals surface area contributed by atoms with E-state index < -0.39 is 5.54 Å². The van der Waals surface area contributed by atoms with E-state index in [0.29, 0.717) is 12.8 Å². The third-order valence-corrected chi connectivity index (χ3v) is 6.44. The van der Waals surface area contributed by atoms with E-state index in [1.807, 2.05) is 43.3 Å². The lowest BCUT2D eigenvalue weighted by Gasteiger charge is -2.35. The van der Waals surface area contributed by atoms with Crippen LogP contribution in [0.4, 0.5) is 4.79 Å². The molecule has 1 aliphatic heterocycles. The summed E-state index contributed by atoms with van der Waals surface area (Å²) < 4.78 is 0. The van der Waals surface area contributed by atoms with Crippen LogP contribution in [0.1, 0.15) is 50.6 Å². The van der Waals surface area contributed by atoms with Gasteiger partial charge in [0.2, 0.25) is 5.91 Å². The fourth-order valence-corrected chi connectivity index (χ4v) is 4.66. The van der Waals surface area contributed by atoms with E-state index in [1.54, 1.807) is 11.9 Å². The molecule has 0 bridgehead atoms. The number of rotatable bonds is 4. The van der Waals surface area contributed by atoms with E-state index in [-0.39, 0.29) is 30.4 Å². The number of likely N-dealkylation sites (N-methyl/N-ethyl adjacent to an activating group) is 1. The van der Waals surface area contributed by atoms with Gasteiger partial charge in [0.05, 0.1) is 6.04 Å². The van der Waals surface area contributed by atoms with Gasteiger partial charge in [-0.3, -0.25) is 14.5 Å². The van der Waals surface area contributed by atoms with Gasteiger partial charge in [-0.05, 0) is 42.2 Å². The molecule has 0 aromatic heterocycles. The van der Waals surface area contributed by atoms with Crippen LogP contribution >= 0.6 is 0 Å². The summed E-state index contributed by atoms with van der Waals surface area (Å²) in [5.41, 5.74) is 0.233. The Kier molecular flexibility index (Phi) is 5.03. The van der Waals surface area contributed by atoms with Gasteiger partial charge in [-0.15, -0.1) is 0 Å². The Morgan fingerprint density at radius 2 is 1.76 bits per heavy atom. The molecular weight excluding hydrogens is 366 g/mol. The summed E-state index contributed by atoms with van der Waals surface area (Å²) in [4.78, 5) is 41.0. The molecule has 6 heteroatoms. The minimum Gasteiger partial charge on any atom is -0.348 e. The Morgan fingerprint density at radius 3 is 2.48 bits per heavy atom. The highest BCUT2D eigenvalue weighted by Gasteiger charge is 2.55. The van der Waals surface area contributed by atoms with Gasteiger partial charge < -0.3 is 10.2 Å². The SMILES string of the molecule is C[C@H](NC(=O)CN1C(=O)N(C)C2(CCCCC2)C1=O)c1ccc2ccccc2c1. The molecule has 1 aliphatic carbocycles. The van der Waals surface area contributed by atoms with E-state index in [9.17, 15) is 14.4 Å². The van der Waals surface area contributed by atoms with Crippen LogP contribution in [0.15, 0.2) is 42.5 Å². The molecule has 1 heterocycles. The second-order valence-corrected chi connectivity index (χ2v) is 8.22. The van der Waals surface area contributed by atoms with Crippen molar-refractivity contribution in [2.75, 3.05) is 13.6 Å². The third kappa shape index (κ3) is 3.37. The molecule has 4 amide bonds. The minimum atomic E-state index is -0.750. The number of hydrogen-bond donors (Lipinski definition) is 1. The molecule has 2 aromatic carbocycles. The normalized spacial score (nSPS) is 19.8. The van der Waals surface area contributed by atoms with Crippen LogP contribution in [-0.4, -0.2) is 46.8 Å². The number of nitrogens with zero attached hydrogens (tertiary/aromatic N) is 2. The molecule has 2 aromatic rings. The molecule has 0 radical (unpaired) electrons. The van der Waals surface area contributed by atoms with E-state index in [0.717, 1.165) is 40.5 Å². The molecule has 1 N–H and O–H groups in total. The highest BCUT2D eigenvalue weighted by Crippen LogP contribution is 2.39. The lowest BCUT2D eigenvalue weighted by atomic mass is 9.81. The Labute approximate surface area is 170 Å². The zero-order chi connectivity index (χ0) is 20.6. The zero-order valence-corrected chi connectivity index (χ0v) is 17.0. The Bertz CT molecular complexity index is 965. The topological polar surface area (TPSA) is 69.7 Å². The Balaban J connectivity index is 1.44. The van der Waals surface area contributed by atoms with Gasteiger partial charge in [-0.25, -0.2) is 4.79 Å². The number of fused-ring (bicyclic) bond motifs is 1. The van der Waals surface area contributed by atoms with Crippen LogP contribution in [0.3, 0.4) is 0 Å². The van der Waals surface area contributed by atoms with E-state index in [1.165, 1.54) is 0 Å². The van der Waals surface area contributed by atoms with Crippen LogP contribution in [0.2, 0.25) is 0 Å². The number of hydrogen-bond acceptors (Lipinski definition) is 3. The lowest BCUT2D eigenvalue weighted by Crippen LogP contribution is -2.49. The number of carbonyl (C=O) groups excluding carboxylic acids is 3. The van der Waals surface area contributed by atoms with Gasteiger partial charge in [-0.1, -0.05) is 55.7 Å². The Hall–Kier alpha value is -2.89. The van der Waals surface area contributed by atoms with Crippen molar-refractivity contribution in [1.82, 2.24) is 15.1 Å². The fourth-order valence-electron chi connectivity index (χ4n) is 4.66. The first kappa shape index (κ1) is 19.4. The summed E-state index contributed by atoms with van der Waals surface area (Å²) >= 11 is 0. The maximum absolute atomic E-state index is 13.0. The van der Waals surface area contributed by atoms with Crippen LogP contribution in [0.5, 0.6) is 0 Å². The second kappa shape index (κ2) is 7.50. The summed E-state index contributed by atoms with van der Waals surface area (Å²) in [6.45, 7) is 1.67. The van der Waals surface area contributed by atoms with Gasteiger partial charge in [0.1, 0.15) is 12.1 Å². The lowest BCUT2D eigenvalue weighted by molar-refractivity contribution is -0.137. The summed E-state index contributed by atoms with van der Waals surface area (Å²) in [6, 6.07) is 13.5. The van der Waals surface area contributed by atoms with Gasteiger partial charge in [0, 0.05) is 7.05 Å². The zero-order valence-electron chi connectivity index (χ0n) is 17.0. The molecule has 152 valence electrons. The quantitative estimate of drug-likeness (QED) is 0.807. The van der Waals surface area contributed by atoms with Gasteiger partial charge >= 0.3 is 6.03 Å². The van der Waals surface area contributed by atoms with Crippen molar-refractivity contribution in [2.24, 2.45) is 0 Å². The predicted molar refractivity (Wildman–Crippen MR) is 111 cm³/mol. The number of imide groups is 1. The summed E-state index contributed by atoms with van der Waals surface area (Å²) in [5, 5.41) is 5.18. The van der Waals surface area contributed by atoms with Crippen LogP contribution in [0.25, 0.3) is 10.8 Å². The average molecular weight is 393 g/mol. The summed E-state index contributed by atoms with van der Waals surface area (Å²) in [5.74, 6) is -0.549. The van der Waals surface area contributed by atoms with Crippen LogP contribution in [0, 0.1) is 0 Å². The number of amides is 4. The number of benzene rings is 2. The van der Waals surface area contributed by atoms with Gasteiger partial charge in [-0.2, -0.15) is 0 Å². The monoisotopic (exact) mass is 393 g/mol. The van der Waals surface area contributed by atoms with Gasteiger partial charge in [0.25, 0.3) is 5.91 Å². The van der Waals surface area contributed by atoms with Crippen molar-refractivity contribution >= 4 is 28.6 Å². The van der Waals surface area contributed by atoms with Crippen molar-refractivity contribution in [3.05, 3.63) is 48.0 Å². The van der Waals surface area contributed by atoms with E-state index in [2.05, 4.69) is 11.4 Å². The van der Waals surface area contributed by atoms with Crippen molar-refractivity contribution < 1.29 is 14.4 Å². The molecule has 6 nitrogen and oxygen atoms in total. The maximum atomic E-state index is 13.0. The largest absolute Gasteiger partial charge is 0.348 e. The standard InChI is InChI=1S/C23H27N3O3/c1-16(18-11-10-17-8-4-5-9-19(17)14-18)24-20(27)15-26-21(28)23(25(2)22(26)29)12-6-3-7-13-23/h4-5,8-11,14,16H,3,6-7,12-13,15H2,1-2H3,(H,24,27)/t16-/m0/s1. The van der Waals surface area contributed by atoms with Crippen molar-refractivity contribution in [3.63, 3.8) is 0 Å². The molecule has 1 saturated carbocycles. The fraction of sp³-hybridized carbons (Fsp3) is 0.435. The van der Waals surface area contributed by atoms with Crippen LogP contribution in [-0.2, 0) is 9.59 Å². The molecule has 4 rings (SSSR count). The molecular formula is C23H27N3O3. The maximum Gasteiger partial charge on any atom is 0.327 e. The smallest absolute Gasteiger partial charge is 0.327 e. The third-order valence-electron chi connectivity index (χ3n) is 6.44.